The minimum atomic E-state index is -3.16. The van der Waals surface area contributed by atoms with E-state index in [0.29, 0.717) is 31.7 Å². The minimum Gasteiger partial charge on any atom is -0.426 e. The molecule has 7 heteroatoms. The number of hydrogen-bond donors (Lipinski definition) is 0. The zero-order valence-electron chi connectivity index (χ0n) is 11.1. The normalized spacial score (nSPS) is 17.9. The van der Waals surface area contributed by atoms with Crippen LogP contribution in [0.1, 0.15) is 12.8 Å². The van der Waals surface area contributed by atoms with Crippen LogP contribution in [-0.4, -0.2) is 38.0 Å². The van der Waals surface area contributed by atoms with E-state index in [4.69, 9.17) is 4.74 Å². The molecular weight excluding hydrogens is 346 g/mol. The van der Waals surface area contributed by atoms with E-state index in [1.54, 1.807) is 24.3 Å². The average molecular weight is 362 g/mol. The third kappa shape index (κ3) is 4.04. The van der Waals surface area contributed by atoms with Crippen molar-refractivity contribution in [3.8, 4) is 5.75 Å². The molecule has 5 nitrogen and oxygen atoms in total. The summed E-state index contributed by atoms with van der Waals surface area (Å²) in [4.78, 5) is 12.0. The highest BCUT2D eigenvalue weighted by molar-refractivity contribution is 9.10. The van der Waals surface area contributed by atoms with Gasteiger partial charge >= 0.3 is 5.97 Å². The highest BCUT2D eigenvalue weighted by atomic mass is 79.9. The molecule has 0 atom stereocenters. The fourth-order valence-electron chi connectivity index (χ4n) is 2.13. The largest absolute Gasteiger partial charge is 0.426 e. The Morgan fingerprint density at radius 3 is 2.30 bits per heavy atom. The fraction of sp³-hybridized carbons (Fsp3) is 0.462. The van der Waals surface area contributed by atoms with Crippen LogP contribution in [0.4, 0.5) is 0 Å². The molecule has 0 bridgehead atoms. The van der Waals surface area contributed by atoms with Gasteiger partial charge in [0.2, 0.25) is 10.0 Å². The molecule has 110 valence electrons. The standard InChI is InChI=1S/C13H16BrNO4S/c1-20(17,18)15-8-6-10(7-9-15)13(16)19-12-4-2-11(14)3-5-12/h2-5,10H,6-9H2,1H3. The van der Waals surface area contributed by atoms with Gasteiger partial charge in [0.15, 0.2) is 0 Å². The summed E-state index contributed by atoms with van der Waals surface area (Å²) in [5.74, 6) is -0.0270. The number of carbonyl (C=O) groups excluding carboxylic acids is 1. The first kappa shape index (κ1) is 15.5. The van der Waals surface area contributed by atoms with E-state index in [9.17, 15) is 13.2 Å². The van der Waals surface area contributed by atoms with Crippen molar-refractivity contribution < 1.29 is 17.9 Å². The van der Waals surface area contributed by atoms with E-state index < -0.39 is 10.0 Å². The Balaban J connectivity index is 1.90. The van der Waals surface area contributed by atoms with E-state index >= 15 is 0 Å². The van der Waals surface area contributed by atoms with Gasteiger partial charge in [-0.3, -0.25) is 4.79 Å². The van der Waals surface area contributed by atoms with Gasteiger partial charge in [0.1, 0.15) is 5.75 Å². The molecule has 0 aliphatic carbocycles. The SMILES string of the molecule is CS(=O)(=O)N1CCC(C(=O)Oc2ccc(Br)cc2)CC1. The maximum atomic E-state index is 12.0. The van der Waals surface area contributed by atoms with Crippen LogP contribution in [0.3, 0.4) is 0 Å². The molecule has 20 heavy (non-hydrogen) atoms. The van der Waals surface area contributed by atoms with Crippen LogP contribution in [0.2, 0.25) is 0 Å². The smallest absolute Gasteiger partial charge is 0.314 e. The second-order valence-electron chi connectivity index (χ2n) is 4.81. The molecule has 1 heterocycles. The molecule has 0 saturated carbocycles. The van der Waals surface area contributed by atoms with Gasteiger partial charge in [-0.15, -0.1) is 0 Å². The number of benzene rings is 1. The Kier molecular flexibility index (Phi) is 4.82. The zero-order chi connectivity index (χ0) is 14.8. The number of rotatable bonds is 3. The van der Waals surface area contributed by atoms with Crippen LogP contribution in [0.15, 0.2) is 28.7 Å². The number of nitrogens with zero attached hydrogens (tertiary/aromatic N) is 1. The summed E-state index contributed by atoms with van der Waals surface area (Å²) in [5, 5.41) is 0. The molecule has 1 saturated heterocycles. The van der Waals surface area contributed by atoms with E-state index in [2.05, 4.69) is 15.9 Å². The van der Waals surface area contributed by atoms with Gasteiger partial charge in [-0.25, -0.2) is 12.7 Å². The molecule has 2 rings (SSSR count). The highest BCUT2D eigenvalue weighted by Gasteiger charge is 2.30. The molecule has 0 spiro atoms. The number of esters is 1. The lowest BCUT2D eigenvalue weighted by Gasteiger charge is -2.28. The molecular formula is C13H16BrNO4S. The molecule has 0 radical (unpaired) electrons. The van der Waals surface area contributed by atoms with Crippen molar-refractivity contribution in [2.24, 2.45) is 5.92 Å². The van der Waals surface area contributed by atoms with Crippen molar-refractivity contribution in [2.75, 3.05) is 19.3 Å². The molecule has 1 fully saturated rings. The molecule has 0 aromatic heterocycles. The maximum absolute atomic E-state index is 12.0. The molecule has 1 aromatic rings. The van der Waals surface area contributed by atoms with E-state index in [-0.39, 0.29) is 11.9 Å². The van der Waals surface area contributed by atoms with Crippen molar-refractivity contribution in [3.05, 3.63) is 28.7 Å². The lowest BCUT2D eigenvalue weighted by molar-refractivity contribution is -0.140. The van der Waals surface area contributed by atoms with Crippen molar-refractivity contribution in [1.29, 1.82) is 0 Å². The van der Waals surface area contributed by atoms with E-state index in [1.165, 1.54) is 10.6 Å². The maximum Gasteiger partial charge on any atom is 0.314 e. The molecule has 1 aliphatic heterocycles. The fourth-order valence-corrected chi connectivity index (χ4v) is 3.26. The molecule has 0 N–H and O–H groups in total. The Bertz CT molecular complexity index is 577. The van der Waals surface area contributed by atoms with E-state index in [1.807, 2.05) is 0 Å². The number of ether oxygens (including phenoxy) is 1. The van der Waals surface area contributed by atoms with Crippen LogP contribution < -0.4 is 4.74 Å². The van der Waals surface area contributed by atoms with Crippen molar-refractivity contribution in [2.45, 2.75) is 12.8 Å². The van der Waals surface area contributed by atoms with Gasteiger partial charge in [-0.1, -0.05) is 15.9 Å². The van der Waals surface area contributed by atoms with Crippen molar-refractivity contribution in [3.63, 3.8) is 0 Å². The van der Waals surface area contributed by atoms with Gasteiger partial charge < -0.3 is 4.74 Å². The summed E-state index contributed by atoms with van der Waals surface area (Å²) in [6, 6.07) is 7.03. The molecule has 1 aliphatic rings. The van der Waals surface area contributed by atoms with E-state index in [0.717, 1.165) is 4.47 Å². The van der Waals surface area contributed by atoms with Crippen LogP contribution >= 0.6 is 15.9 Å². The monoisotopic (exact) mass is 361 g/mol. The first-order chi connectivity index (χ1) is 9.36. The van der Waals surface area contributed by atoms with Crippen LogP contribution in [-0.2, 0) is 14.8 Å². The second kappa shape index (κ2) is 6.24. The molecule has 1 aromatic carbocycles. The molecule has 0 unspecified atom stereocenters. The number of hydrogen-bond acceptors (Lipinski definition) is 4. The van der Waals surface area contributed by atoms with Gasteiger partial charge in [-0.2, -0.15) is 0 Å². The number of carbonyl (C=O) groups is 1. The van der Waals surface area contributed by atoms with Crippen LogP contribution in [0.5, 0.6) is 5.75 Å². The predicted octanol–water partition coefficient (Wildman–Crippen LogP) is 2.03. The Labute approximate surface area is 127 Å². The third-order valence-corrected chi connectivity index (χ3v) is 5.12. The van der Waals surface area contributed by atoms with Crippen molar-refractivity contribution >= 4 is 31.9 Å². The van der Waals surface area contributed by atoms with Gasteiger partial charge in [0.25, 0.3) is 0 Å². The molecule has 0 amide bonds. The summed E-state index contributed by atoms with van der Waals surface area (Å²) >= 11 is 3.31. The Hall–Kier alpha value is -0.920. The Morgan fingerprint density at radius 1 is 1.25 bits per heavy atom. The summed E-state index contributed by atoms with van der Waals surface area (Å²) in [6.45, 7) is 0.748. The summed E-state index contributed by atoms with van der Waals surface area (Å²) in [7, 11) is -3.16. The minimum absolute atomic E-state index is 0.239. The summed E-state index contributed by atoms with van der Waals surface area (Å²) in [5.41, 5.74) is 0. The topological polar surface area (TPSA) is 63.7 Å². The van der Waals surface area contributed by atoms with Crippen LogP contribution in [0.25, 0.3) is 0 Å². The first-order valence-electron chi connectivity index (χ1n) is 6.28. The van der Waals surface area contributed by atoms with Crippen molar-refractivity contribution in [1.82, 2.24) is 4.31 Å². The lowest BCUT2D eigenvalue weighted by atomic mass is 9.98. The summed E-state index contributed by atoms with van der Waals surface area (Å²) < 4.78 is 30.4. The second-order valence-corrected chi connectivity index (χ2v) is 7.71. The van der Waals surface area contributed by atoms with Gasteiger partial charge in [0, 0.05) is 17.6 Å². The number of halogens is 1. The lowest BCUT2D eigenvalue weighted by Crippen LogP contribution is -2.40. The highest BCUT2D eigenvalue weighted by Crippen LogP contribution is 2.23. The van der Waals surface area contributed by atoms with Crippen LogP contribution in [0, 0.1) is 5.92 Å². The summed E-state index contributed by atoms with van der Waals surface area (Å²) in [6.07, 6.45) is 2.19. The Morgan fingerprint density at radius 2 is 1.80 bits per heavy atom. The number of sulfonamides is 1. The quantitative estimate of drug-likeness (QED) is 0.610. The average Bonchev–Trinajstić information content (AvgIpc) is 2.40. The predicted molar refractivity (Wildman–Crippen MR) is 78.9 cm³/mol. The third-order valence-electron chi connectivity index (χ3n) is 3.29. The van der Waals surface area contributed by atoms with Gasteiger partial charge in [0.05, 0.1) is 12.2 Å². The van der Waals surface area contributed by atoms with Gasteiger partial charge in [-0.05, 0) is 37.1 Å². The first-order valence-corrected chi connectivity index (χ1v) is 8.93. The number of piperidine rings is 1. The zero-order valence-corrected chi connectivity index (χ0v) is 13.5.